The summed E-state index contributed by atoms with van der Waals surface area (Å²) in [6.45, 7) is 1.36. The van der Waals surface area contributed by atoms with Crippen molar-refractivity contribution in [3.63, 3.8) is 0 Å². The number of halogens is 4. The lowest BCUT2D eigenvalue weighted by atomic mass is 9.85. The van der Waals surface area contributed by atoms with E-state index in [-0.39, 0.29) is 5.56 Å². The summed E-state index contributed by atoms with van der Waals surface area (Å²) < 4.78 is 39.9. The van der Waals surface area contributed by atoms with E-state index in [1.165, 1.54) is 25.1 Å². The van der Waals surface area contributed by atoms with Gasteiger partial charge in [0.05, 0.1) is 5.56 Å². The van der Waals surface area contributed by atoms with E-state index >= 15 is 0 Å². The van der Waals surface area contributed by atoms with Crippen molar-refractivity contribution in [3.8, 4) is 0 Å². The van der Waals surface area contributed by atoms with Crippen molar-refractivity contribution in [1.82, 2.24) is 0 Å². The van der Waals surface area contributed by atoms with Crippen LogP contribution in [0, 0.1) is 0 Å². The first-order valence-corrected chi connectivity index (χ1v) is 6.67. The summed E-state index contributed by atoms with van der Waals surface area (Å²) >= 11 is 3.25. The number of rotatable bonds is 2. The molecule has 0 heterocycles. The zero-order chi connectivity index (χ0) is 15.0. The Morgan fingerprint density at radius 3 is 2.10 bits per heavy atom. The molecule has 0 bridgehead atoms. The fraction of sp³-hybridized carbons (Fsp3) is 0.200. The maximum Gasteiger partial charge on any atom is 0.416 e. The average Bonchev–Trinajstić information content (AvgIpc) is 2.38. The highest BCUT2D eigenvalue weighted by Gasteiger charge is 2.39. The second kappa shape index (κ2) is 5.22. The Morgan fingerprint density at radius 1 is 0.950 bits per heavy atom. The second-order valence-corrected chi connectivity index (χ2v) is 5.54. The highest BCUT2D eigenvalue weighted by atomic mass is 79.9. The Hall–Kier alpha value is -1.33. The molecule has 20 heavy (non-hydrogen) atoms. The summed E-state index contributed by atoms with van der Waals surface area (Å²) in [7, 11) is 0. The molecule has 5 heteroatoms. The van der Waals surface area contributed by atoms with E-state index in [2.05, 4.69) is 15.9 Å². The number of hydrogen-bond acceptors (Lipinski definition) is 1. The van der Waals surface area contributed by atoms with E-state index in [1.807, 2.05) is 0 Å². The fourth-order valence-corrected chi connectivity index (χ4v) is 2.50. The van der Waals surface area contributed by atoms with E-state index in [4.69, 9.17) is 0 Å². The quantitative estimate of drug-likeness (QED) is 0.835. The molecule has 1 N–H and O–H groups in total. The molecule has 2 aromatic rings. The summed E-state index contributed by atoms with van der Waals surface area (Å²) in [5.41, 5.74) is -2.32. The summed E-state index contributed by atoms with van der Waals surface area (Å²) in [6.07, 6.45) is -4.51. The van der Waals surface area contributed by atoms with Crippen LogP contribution < -0.4 is 0 Å². The van der Waals surface area contributed by atoms with E-state index in [0.717, 1.165) is 6.07 Å². The van der Waals surface area contributed by atoms with Crippen LogP contribution in [0.3, 0.4) is 0 Å². The van der Waals surface area contributed by atoms with Crippen molar-refractivity contribution in [2.45, 2.75) is 18.7 Å². The molecular weight excluding hydrogens is 333 g/mol. The van der Waals surface area contributed by atoms with Gasteiger partial charge in [0.15, 0.2) is 0 Å². The highest BCUT2D eigenvalue weighted by Crippen LogP contribution is 2.39. The van der Waals surface area contributed by atoms with E-state index in [9.17, 15) is 18.3 Å². The van der Waals surface area contributed by atoms with Crippen LogP contribution in [0.1, 0.15) is 23.6 Å². The lowest BCUT2D eigenvalue weighted by molar-refractivity contribution is -0.139. The zero-order valence-corrected chi connectivity index (χ0v) is 12.2. The summed E-state index contributed by atoms with van der Waals surface area (Å²) in [4.78, 5) is 0. The van der Waals surface area contributed by atoms with Gasteiger partial charge >= 0.3 is 6.18 Å². The normalized spacial score (nSPS) is 14.9. The first kappa shape index (κ1) is 15.1. The highest BCUT2D eigenvalue weighted by molar-refractivity contribution is 9.10. The number of alkyl halides is 3. The smallest absolute Gasteiger partial charge is 0.381 e. The van der Waals surface area contributed by atoms with Crippen molar-refractivity contribution in [3.05, 3.63) is 69.7 Å². The third-order valence-electron chi connectivity index (χ3n) is 3.14. The number of aliphatic hydroxyl groups is 1. The molecular formula is C15H12BrF3O. The average molecular weight is 345 g/mol. The molecule has 0 saturated heterocycles. The van der Waals surface area contributed by atoms with E-state index in [1.54, 1.807) is 24.3 Å². The number of benzene rings is 2. The monoisotopic (exact) mass is 344 g/mol. The van der Waals surface area contributed by atoms with Gasteiger partial charge in [0, 0.05) is 4.47 Å². The van der Waals surface area contributed by atoms with Crippen LogP contribution in [-0.2, 0) is 11.8 Å². The summed E-state index contributed by atoms with van der Waals surface area (Å²) in [5.74, 6) is 0. The molecule has 1 nitrogen and oxygen atoms in total. The predicted molar refractivity (Wildman–Crippen MR) is 74.3 cm³/mol. The van der Waals surface area contributed by atoms with Gasteiger partial charge in [0.2, 0.25) is 0 Å². The SMILES string of the molecule is CC(O)(c1cccc(Br)c1)c1ccccc1C(F)(F)F. The van der Waals surface area contributed by atoms with Gasteiger partial charge in [-0.3, -0.25) is 0 Å². The van der Waals surface area contributed by atoms with Gasteiger partial charge in [-0.1, -0.05) is 46.3 Å². The van der Waals surface area contributed by atoms with Gasteiger partial charge in [0.1, 0.15) is 5.60 Å². The minimum absolute atomic E-state index is 0.161. The molecule has 0 aliphatic rings. The van der Waals surface area contributed by atoms with Crippen molar-refractivity contribution >= 4 is 15.9 Å². The molecule has 0 aliphatic heterocycles. The Labute approximate surface area is 123 Å². The Bertz CT molecular complexity index is 621. The van der Waals surface area contributed by atoms with Gasteiger partial charge in [-0.2, -0.15) is 13.2 Å². The van der Waals surface area contributed by atoms with Crippen molar-refractivity contribution in [2.24, 2.45) is 0 Å². The molecule has 0 spiro atoms. The fourth-order valence-electron chi connectivity index (χ4n) is 2.10. The summed E-state index contributed by atoms with van der Waals surface area (Å²) in [5, 5.41) is 10.6. The van der Waals surface area contributed by atoms with Gasteiger partial charge in [-0.05, 0) is 36.2 Å². The Morgan fingerprint density at radius 2 is 1.55 bits per heavy atom. The van der Waals surface area contributed by atoms with E-state index < -0.39 is 17.3 Å². The molecule has 0 fully saturated rings. The maximum atomic E-state index is 13.1. The van der Waals surface area contributed by atoms with Gasteiger partial charge in [-0.15, -0.1) is 0 Å². The first-order chi connectivity index (χ1) is 9.23. The van der Waals surface area contributed by atoms with Crippen LogP contribution in [0.15, 0.2) is 53.0 Å². The lowest BCUT2D eigenvalue weighted by Crippen LogP contribution is -2.26. The van der Waals surface area contributed by atoms with Gasteiger partial charge < -0.3 is 5.11 Å². The Kier molecular flexibility index (Phi) is 3.93. The van der Waals surface area contributed by atoms with Crippen LogP contribution in [0.25, 0.3) is 0 Å². The summed E-state index contributed by atoms with van der Waals surface area (Å²) in [6, 6.07) is 11.7. The van der Waals surface area contributed by atoms with Crippen LogP contribution >= 0.6 is 15.9 Å². The van der Waals surface area contributed by atoms with E-state index in [0.29, 0.717) is 10.0 Å². The molecule has 1 atom stereocenters. The third-order valence-corrected chi connectivity index (χ3v) is 3.64. The van der Waals surface area contributed by atoms with Crippen LogP contribution in [0.2, 0.25) is 0 Å². The van der Waals surface area contributed by atoms with Crippen LogP contribution in [0.5, 0.6) is 0 Å². The minimum atomic E-state index is -4.51. The number of hydrogen-bond donors (Lipinski definition) is 1. The predicted octanol–water partition coefficient (Wildman–Crippen LogP) is 4.72. The van der Waals surface area contributed by atoms with Gasteiger partial charge in [-0.25, -0.2) is 0 Å². The molecule has 106 valence electrons. The van der Waals surface area contributed by atoms with Crippen molar-refractivity contribution < 1.29 is 18.3 Å². The molecule has 0 radical (unpaired) electrons. The standard InChI is InChI=1S/C15H12BrF3O/c1-14(20,10-5-4-6-11(16)9-10)12-7-2-3-8-13(12)15(17,18)19/h2-9,20H,1H3. The Balaban J connectivity index is 2.61. The molecule has 0 aromatic heterocycles. The first-order valence-electron chi connectivity index (χ1n) is 5.88. The molecule has 1 unspecified atom stereocenters. The minimum Gasteiger partial charge on any atom is -0.381 e. The van der Waals surface area contributed by atoms with Gasteiger partial charge in [0.25, 0.3) is 0 Å². The van der Waals surface area contributed by atoms with Crippen molar-refractivity contribution in [2.75, 3.05) is 0 Å². The largest absolute Gasteiger partial charge is 0.416 e. The molecule has 2 rings (SSSR count). The molecule has 0 saturated carbocycles. The van der Waals surface area contributed by atoms with Crippen LogP contribution in [0.4, 0.5) is 13.2 Å². The maximum absolute atomic E-state index is 13.1. The lowest BCUT2D eigenvalue weighted by Gasteiger charge is -2.28. The molecule has 0 aliphatic carbocycles. The van der Waals surface area contributed by atoms with Crippen molar-refractivity contribution in [1.29, 1.82) is 0 Å². The zero-order valence-electron chi connectivity index (χ0n) is 10.6. The van der Waals surface area contributed by atoms with Crippen LogP contribution in [-0.4, -0.2) is 5.11 Å². The topological polar surface area (TPSA) is 20.2 Å². The third kappa shape index (κ3) is 2.88. The molecule has 0 amide bonds. The second-order valence-electron chi connectivity index (χ2n) is 4.63. The molecule has 2 aromatic carbocycles.